The molecule has 0 aliphatic carbocycles. The van der Waals surface area contributed by atoms with Crippen molar-refractivity contribution in [2.45, 2.75) is 16.2 Å². The van der Waals surface area contributed by atoms with E-state index in [1.165, 1.54) is 24.3 Å². The Morgan fingerprint density at radius 3 is 1.90 bits per heavy atom. The highest BCUT2D eigenvalue weighted by Gasteiger charge is 2.34. The largest absolute Gasteiger partial charge is 0.573 e. The standard InChI is InChI=1S/C21H15F3N2O4S/c22-21(23,24)30-15-11-9-14(10-12-15)25-20(27)13-26-16-5-1-3-7-18(16)31(28,29)19-8-4-2-6-17(19)26/h1-12H,13H2,(H,25,27). The van der Waals surface area contributed by atoms with Crippen molar-refractivity contribution in [2.75, 3.05) is 16.8 Å². The number of hydrogen-bond acceptors (Lipinski definition) is 5. The summed E-state index contributed by atoms with van der Waals surface area (Å²) in [5, 5.41) is 2.59. The van der Waals surface area contributed by atoms with Crippen molar-refractivity contribution in [3.05, 3.63) is 72.8 Å². The van der Waals surface area contributed by atoms with Crippen LogP contribution in [0.15, 0.2) is 82.6 Å². The van der Waals surface area contributed by atoms with E-state index in [0.717, 1.165) is 12.1 Å². The van der Waals surface area contributed by atoms with Crippen molar-refractivity contribution in [1.29, 1.82) is 0 Å². The van der Waals surface area contributed by atoms with Crippen LogP contribution in [0.5, 0.6) is 5.75 Å². The third kappa shape index (κ3) is 4.19. The molecule has 0 fully saturated rings. The van der Waals surface area contributed by atoms with Gasteiger partial charge in [0.15, 0.2) is 0 Å². The smallest absolute Gasteiger partial charge is 0.406 e. The number of anilines is 3. The number of alkyl halides is 3. The molecule has 31 heavy (non-hydrogen) atoms. The van der Waals surface area contributed by atoms with Gasteiger partial charge in [-0.05, 0) is 48.5 Å². The van der Waals surface area contributed by atoms with Crippen LogP contribution in [0.3, 0.4) is 0 Å². The minimum absolute atomic E-state index is 0.0927. The average Bonchev–Trinajstić information content (AvgIpc) is 2.72. The van der Waals surface area contributed by atoms with Gasteiger partial charge in [0.1, 0.15) is 12.3 Å². The summed E-state index contributed by atoms with van der Waals surface area (Å²) in [4.78, 5) is 14.4. The molecule has 1 amide bonds. The number of sulfone groups is 1. The number of carbonyl (C=O) groups is 1. The summed E-state index contributed by atoms with van der Waals surface area (Å²) < 4.78 is 66.5. The van der Waals surface area contributed by atoms with Crippen molar-refractivity contribution in [1.82, 2.24) is 0 Å². The first-order valence-electron chi connectivity index (χ1n) is 9.01. The summed E-state index contributed by atoms with van der Waals surface area (Å²) in [6, 6.07) is 17.5. The number of amides is 1. The first kappa shape index (κ1) is 20.7. The molecule has 0 saturated carbocycles. The van der Waals surface area contributed by atoms with E-state index < -0.39 is 27.9 Å². The van der Waals surface area contributed by atoms with Crippen molar-refractivity contribution >= 4 is 32.8 Å². The van der Waals surface area contributed by atoms with E-state index in [1.54, 1.807) is 41.3 Å². The van der Waals surface area contributed by atoms with Gasteiger partial charge in [-0.15, -0.1) is 13.2 Å². The number of benzene rings is 3. The molecule has 1 aliphatic rings. The number of ether oxygens (including phenoxy) is 1. The molecule has 1 heterocycles. The van der Waals surface area contributed by atoms with E-state index in [9.17, 15) is 26.4 Å². The van der Waals surface area contributed by atoms with Crippen LogP contribution < -0.4 is 15.0 Å². The number of hydrogen-bond donors (Lipinski definition) is 1. The molecule has 0 bridgehead atoms. The van der Waals surface area contributed by atoms with Gasteiger partial charge in [-0.25, -0.2) is 8.42 Å². The van der Waals surface area contributed by atoms with E-state index in [0.29, 0.717) is 11.4 Å². The molecule has 3 aromatic rings. The van der Waals surface area contributed by atoms with Gasteiger partial charge in [-0.2, -0.15) is 0 Å². The summed E-state index contributed by atoms with van der Waals surface area (Å²) in [5.74, 6) is -0.886. The fourth-order valence-electron chi connectivity index (χ4n) is 3.32. The molecular weight excluding hydrogens is 433 g/mol. The number of halogens is 3. The quantitative estimate of drug-likeness (QED) is 0.636. The molecule has 0 atom stereocenters. The van der Waals surface area contributed by atoms with Crippen LogP contribution in [-0.2, 0) is 14.6 Å². The fourth-order valence-corrected chi connectivity index (χ4v) is 4.98. The van der Waals surface area contributed by atoms with E-state index in [1.807, 2.05) is 0 Å². The normalized spacial score (nSPS) is 14.4. The lowest BCUT2D eigenvalue weighted by atomic mass is 10.2. The van der Waals surface area contributed by atoms with Crippen LogP contribution in [0, 0.1) is 0 Å². The molecular formula is C21H15F3N2O4S. The highest BCUT2D eigenvalue weighted by Crippen LogP contribution is 2.43. The van der Waals surface area contributed by atoms with Crippen LogP contribution in [0.4, 0.5) is 30.2 Å². The lowest BCUT2D eigenvalue weighted by molar-refractivity contribution is -0.274. The second-order valence-corrected chi connectivity index (χ2v) is 8.53. The molecule has 10 heteroatoms. The topological polar surface area (TPSA) is 75.7 Å². The number of carbonyl (C=O) groups excluding carboxylic acids is 1. The Morgan fingerprint density at radius 2 is 1.39 bits per heavy atom. The van der Waals surface area contributed by atoms with Gasteiger partial charge in [0.2, 0.25) is 15.7 Å². The van der Waals surface area contributed by atoms with E-state index in [-0.39, 0.29) is 22.0 Å². The van der Waals surface area contributed by atoms with Crippen molar-refractivity contribution in [3.8, 4) is 5.75 Å². The third-order valence-electron chi connectivity index (χ3n) is 4.56. The van der Waals surface area contributed by atoms with Gasteiger partial charge in [0, 0.05) is 5.69 Å². The lowest BCUT2D eigenvalue weighted by Crippen LogP contribution is -2.33. The predicted molar refractivity (Wildman–Crippen MR) is 107 cm³/mol. The first-order valence-corrected chi connectivity index (χ1v) is 10.5. The summed E-state index contributed by atoms with van der Waals surface area (Å²) in [6.07, 6.45) is -4.81. The number of nitrogens with zero attached hydrogens (tertiary/aromatic N) is 1. The van der Waals surface area contributed by atoms with Crippen molar-refractivity contribution in [3.63, 3.8) is 0 Å². The second kappa shape index (κ2) is 7.62. The molecule has 0 saturated heterocycles. The lowest BCUT2D eigenvalue weighted by Gasteiger charge is -2.32. The molecule has 0 spiro atoms. The maximum Gasteiger partial charge on any atom is 0.573 e. The summed E-state index contributed by atoms with van der Waals surface area (Å²) >= 11 is 0. The molecule has 0 aromatic heterocycles. The van der Waals surface area contributed by atoms with E-state index in [4.69, 9.17) is 0 Å². The minimum Gasteiger partial charge on any atom is -0.406 e. The number of para-hydroxylation sites is 2. The van der Waals surface area contributed by atoms with E-state index in [2.05, 4.69) is 10.1 Å². The van der Waals surface area contributed by atoms with Gasteiger partial charge >= 0.3 is 6.36 Å². The third-order valence-corrected chi connectivity index (χ3v) is 6.41. The SMILES string of the molecule is O=C(CN1c2ccccc2S(=O)(=O)c2ccccc21)Nc1ccc(OC(F)(F)F)cc1. The van der Waals surface area contributed by atoms with Crippen LogP contribution in [0.1, 0.15) is 0 Å². The maximum atomic E-state index is 12.9. The number of nitrogens with one attached hydrogen (secondary N) is 1. The molecule has 3 aromatic carbocycles. The summed E-state index contributed by atoms with van der Waals surface area (Å²) in [7, 11) is -3.73. The zero-order valence-electron chi connectivity index (χ0n) is 15.8. The Labute approximate surface area is 175 Å². The van der Waals surface area contributed by atoms with Crippen molar-refractivity contribution in [2.24, 2.45) is 0 Å². The second-order valence-electron chi connectivity index (χ2n) is 6.65. The van der Waals surface area contributed by atoms with Gasteiger partial charge in [-0.1, -0.05) is 24.3 Å². The zero-order valence-corrected chi connectivity index (χ0v) is 16.6. The Balaban J connectivity index is 1.58. The number of rotatable bonds is 4. The Bertz CT molecular complexity index is 1190. The van der Waals surface area contributed by atoms with Crippen molar-refractivity contribution < 1.29 is 31.1 Å². The minimum atomic E-state index is -4.81. The Hall–Kier alpha value is -3.53. The number of fused-ring (bicyclic) bond motifs is 2. The summed E-state index contributed by atoms with van der Waals surface area (Å²) in [6.45, 7) is -0.204. The van der Waals surface area contributed by atoms with Gasteiger partial charge in [0.05, 0.1) is 21.2 Å². The predicted octanol–water partition coefficient (Wildman–Crippen LogP) is 4.51. The zero-order chi connectivity index (χ0) is 22.2. The molecule has 0 unspecified atom stereocenters. The van der Waals surface area contributed by atoms with Crippen LogP contribution in [0.25, 0.3) is 0 Å². The Morgan fingerprint density at radius 1 is 0.871 bits per heavy atom. The van der Waals surface area contributed by atoms with Crippen LogP contribution >= 0.6 is 0 Å². The van der Waals surface area contributed by atoms with Crippen LogP contribution in [-0.4, -0.2) is 27.2 Å². The molecule has 160 valence electrons. The molecule has 4 rings (SSSR count). The Kier molecular flexibility index (Phi) is 5.10. The fraction of sp³-hybridized carbons (Fsp3) is 0.0952. The monoisotopic (exact) mass is 448 g/mol. The molecule has 1 aliphatic heterocycles. The highest BCUT2D eigenvalue weighted by atomic mass is 32.2. The van der Waals surface area contributed by atoms with Gasteiger partial charge in [-0.3, -0.25) is 4.79 Å². The molecule has 0 radical (unpaired) electrons. The van der Waals surface area contributed by atoms with E-state index >= 15 is 0 Å². The molecule has 6 nitrogen and oxygen atoms in total. The first-order chi connectivity index (χ1) is 14.6. The van der Waals surface area contributed by atoms with Crippen LogP contribution in [0.2, 0.25) is 0 Å². The van der Waals surface area contributed by atoms with Gasteiger partial charge in [0.25, 0.3) is 0 Å². The maximum absolute atomic E-state index is 12.9. The summed E-state index contributed by atoms with van der Waals surface area (Å²) in [5.41, 5.74) is 1.00. The highest BCUT2D eigenvalue weighted by molar-refractivity contribution is 7.92. The van der Waals surface area contributed by atoms with Gasteiger partial charge < -0.3 is 15.0 Å². The molecule has 1 N–H and O–H groups in total. The average molecular weight is 448 g/mol.